The van der Waals surface area contributed by atoms with Crippen LogP contribution in [0.1, 0.15) is 49.1 Å². The molecule has 0 spiro atoms. The first-order valence-corrected chi connectivity index (χ1v) is 11.7. The Morgan fingerprint density at radius 2 is 1.59 bits per heavy atom. The van der Waals surface area contributed by atoms with Crippen molar-refractivity contribution in [2.75, 3.05) is 19.8 Å². The molecule has 180 valence electrons. The van der Waals surface area contributed by atoms with Crippen LogP contribution in [0.3, 0.4) is 0 Å². The van der Waals surface area contributed by atoms with Crippen LogP contribution in [0.2, 0.25) is 0 Å². The van der Waals surface area contributed by atoms with Crippen molar-refractivity contribution < 1.29 is 29.3 Å². The fraction of sp³-hybridized carbons (Fsp3) is 0.423. The molecule has 4 rings (SSSR count). The summed E-state index contributed by atoms with van der Waals surface area (Å²) in [6.45, 7) is -0.0974. The Morgan fingerprint density at radius 1 is 1.00 bits per heavy atom. The van der Waals surface area contributed by atoms with E-state index in [-0.39, 0.29) is 32.1 Å². The van der Waals surface area contributed by atoms with Gasteiger partial charge < -0.3 is 25.6 Å². The van der Waals surface area contributed by atoms with Gasteiger partial charge in [-0.2, -0.15) is 0 Å². The minimum atomic E-state index is -1.19. The zero-order valence-electron chi connectivity index (χ0n) is 19.0. The third kappa shape index (κ3) is 4.77. The van der Waals surface area contributed by atoms with Crippen molar-refractivity contribution in [1.82, 2.24) is 10.6 Å². The first kappa shape index (κ1) is 23.8. The Bertz CT molecular complexity index is 1020. The van der Waals surface area contributed by atoms with Gasteiger partial charge in [0.05, 0.1) is 5.41 Å². The third-order valence-electron chi connectivity index (χ3n) is 6.98. The lowest BCUT2D eigenvalue weighted by Gasteiger charge is -2.29. The number of hydrogen-bond donors (Lipinski definition) is 4. The number of alkyl carbamates (subject to hydrolysis) is 1. The Labute approximate surface area is 198 Å². The smallest absolute Gasteiger partial charge is 0.407 e. The molecule has 1 fully saturated rings. The molecule has 0 aromatic heterocycles. The summed E-state index contributed by atoms with van der Waals surface area (Å²) in [7, 11) is 0. The molecule has 1 atom stereocenters. The van der Waals surface area contributed by atoms with E-state index in [1.54, 1.807) is 0 Å². The summed E-state index contributed by atoms with van der Waals surface area (Å²) >= 11 is 0. The Balaban J connectivity index is 1.37. The SMILES string of the molecule is O=C(NCC1(C(=O)N[C@H](CCO)C(=O)O)CCCC1)OCC1c2ccccc2-c2ccccc21. The lowest BCUT2D eigenvalue weighted by molar-refractivity contribution is -0.144. The molecule has 0 bridgehead atoms. The molecule has 4 N–H and O–H groups in total. The molecular formula is C26H30N2O6. The minimum absolute atomic E-state index is 0.0586. The molecule has 8 heteroatoms. The van der Waals surface area contributed by atoms with Crippen LogP contribution < -0.4 is 10.6 Å². The maximum absolute atomic E-state index is 13.0. The first-order chi connectivity index (χ1) is 16.4. The molecule has 1 saturated carbocycles. The van der Waals surface area contributed by atoms with Crippen LogP contribution >= 0.6 is 0 Å². The van der Waals surface area contributed by atoms with Gasteiger partial charge in [0.15, 0.2) is 0 Å². The van der Waals surface area contributed by atoms with Crippen molar-refractivity contribution in [3.63, 3.8) is 0 Å². The van der Waals surface area contributed by atoms with Crippen molar-refractivity contribution in [2.24, 2.45) is 5.41 Å². The van der Waals surface area contributed by atoms with Crippen molar-refractivity contribution >= 4 is 18.0 Å². The molecule has 0 unspecified atom stereocenters. The van der Waals surface area contributed by atoms with Crippen LogP contribution in [-0.4, -0.2) is 54.0 Å². The van der Waals surface area contributed by atoms with E-state index >= 15 is 0 Å². The van der Waals surface area contributed by atoms with E-state index in [1.807, 2.05) is 36.4 Å². The number of ether oxygens (including phenoxy) is 1. The maximum Gasteiger partial charge on any atom is 0.407 e. The fourth-order valence-electron chi connectivity index (χ4n) is 5.12. The summed E-state index contributed by atoms with van der Waals surface area (Å²) in [4.78, 5) is 36.9. The molecular weight excluding hydrogens is 436 g/mol. The number of rotatable bonds is 9. The average molecular weight is 467 g/mol. The van der Waals surface area contributed by atoms with Gasteiger partial charge in [-0.25, -0.2) is 9.59 Å². The summed E-state index contributed by atoms with van der Waals surface area (Å²) in [5.74, 6) is -1.67. The average Bonchev–Trinajstić information content (AvgIpc) is 3.45. The van der Waals surface area contributed by atoms with E-state index in [0.717, 1.165) is 35.1 Å². The van der Waals surface area contributed by atoms with Gasteiger partial charge in [-0.1, -0.05) is 61.4 Å². The Hall–Kier alpha value is -3.39. The molecule has 0 heterocycles. The molecule has 0 aliphatic heterocycles. The van der Waals surface area contributed by atoms with E-state index in [0.29, 0.717) is 12.8 Å². The van der Waals surface area contributed by atoms with Crippen molar-refractivity contribution in [2.45, 2.75) is 44.1 Å². The number of carboxylic acids is 1. The Morgan fingerprint density at radius 3 is 2.15 bits per heavy atom. The lowest BCUT2D eigenvalue weighted by Crippen LogP contribution is -2.52. The number of aliphatic hydroxyl groups is 1. The van der Waals surface area contributed by atoms with Crippen molar-refractivity contribution in [1.29, 1.82) is 0 Å². The number of aliphatic hydroxyl groups excluding tert-OH is 1. The summed E-state index contributed by atoms with van der Waals surface area (Å²) in [5.41, 5.74) is 3.64. The number of nitrogens with one attached hydrogen (secondary N) is 2. The maximum atomic E-state index is 13.0. The van der Waals surface area contributed by atoms with Crippen LogP contribution in [0.25, 0.3) is 11.1 Å². The molecule has 2 aliphatic rings. The van der Waals surface area contributed by atoms with Crippen LogP contribution in [0, 0.1) is 5.41 Å². The van der Waals surface area contributed by atoms with Gasteiger partial charge in [-0.05, 0) is 35.1 Å². The van der Waals surface area contributed by atoms with Crippen LogP contribution in [0.5, 0.6) is 0 Å². The van der Waals surface area contributed by atoms with Crippen LogP contribution in [-0.2, 0) is 14.3 Å². The molecule has 0 saturated heterocycles. The molecule has 2 aromatic carbocycles. The lowest BCUT2D eigenvalue weighted by atomic mass is 9.84. The number of hydrogen-bond acceptors (Lipinski definition) is 5. The predicted octanol–water partition coefficient (Wildman–Crippen LogP) is 3.04. The Kier molecular flexibility index (Phi) is 7.17. The van der Waals surface area contributed by atoms with E-state index in [2.05, 4.69) is 22.8 Å². The van der Waals surface area contributed by atoms with Gasteiger partial charge in [0.1, 0.15) is 12.6 Å². The highest BCUT2D eigenvalue weighted by Crippen LogP contribution is 2.44. The molecule has 34 heavy (non-hydrogen) atoms. The van der Waals surface area contributed by atoms with Crippen LogP contribution in [0.15, 0.2) is 48.5 Å². The first-order valence-electron chi connectivity index (χ1n) is 11.7. The quantitative estimate of drug-likeness (QED) is 0.450. The number of carboxylic acid groups (broad SMARTS) is 1. The number of fused-ring (bicyclic) bond motifs is 3. The third-order valence-corrected chi connectivity index (χ3v) is 6.98. The summed E-state index contributed by atoms with van der Waals surface area (Å²) in [5, 5.41) is 23.6. The highest BCUT2D eigenvalue weighted by atomic mass is 16.5. The topological polar surface area (TPSA) is 125 Å². The van der Waals surface area contributed by atoms with E-state index in [1.165, 1.54) is 0 Å². The van der Waals surface area contributed by atoms with Gasteiger partial charge in [0, 0.05) is 25.5 Å². The fourth-order valence-corrected chi connectivity index (χ4v) is 5.12. The van der Waals surface area contributed by atoms with Gasteiger partial charge in [-0.3, -0.25) is 4.79 Å². The summed E-state index contributed by atoms with van der Waals surface area (Å²) in [6, 6.07) is 15.0. The molecule has 2 aromatic rings. The number of benzene rings is 2. The van der Waals surface area contributed by atoms with E-state index < -0.39 is 29.4 Å². The number of carbonyl (C=O) groups is 3. The standard InChI is InChI=1S/C26H30N2O6/c29-14-11-22(23(30)31)28-24(32)26(12-5-6-13-26)16-27-25(33)34-15-21-19-9-3-1-7-17(19)18-8-2-4-10-20(18)21/h1-4,7-10,21-22,29H,5-6,11-16H2,(H,27,33)(H,28,32)(H,30,31)/t22-/m1/s1. The second kappa shape index (κ2) is 10.3. The molecule has 2 amide bonds. The zero-order chi connectivity index (χ0) is 24.1. The summed E-state index contributed by atoms with van der Waals surface area (Å²) < 4.78 is 5.57. The molecule has 0 radical (unpaired) electrons. The van der Waals surface area contributed by atoms with Gasteiger partial charge >= 0.3 is 12.1 Å². The highest BCUT2D eigenvalue weighted by Gasteiger charge is 2.43. The molecule has 2 aliphatic carbocycles. The minimum Gasteiger partial charge on any atom is -0.480 e. The van der Waals surface area contributed by atoms with E-state index in [9.17, 15) is 19.5 Å². The normalized spacial score (nSPS) is 16.9. The number of amides is 2. The monoisotopic (exact) mass is 466 g/mol. The van der Waals surface area contributed by atoms with E-state index in [4.69, 9.17) is 9.84 Å². The van der Waals surface area contributed by atoms with Crippen LogP contribution in [0.4, 0.5) is 4.79 Å². The predicted molar refractivity (Wildman–Crippen MR) is 125 cm³/mol. The highest BCUT2D eigenvalue weighted by molar-refractivity contribution is 5.88. The van der Waals surface area contributed by atoms with Crippen molar-refractivity contribution in [3.05, 3.63) is 59.7 Å². The van der Waals surface area contributed by atoms with Crippen molar-refractivity contribution in [3.8, 4) is 11.1 Å². The second-order valence-corrected chi connectivity index (χ2v) is 9.04. The van der Waals surface area contributed by atoms with Gasteiger partial charge in [0.25, 0.3) is 0 Å². The van der Waals surface area contributed by atoms with Gasteiger partial charge in [0.2, 0.25) is 5.91 Å². The molecule has 8 nitrogen and oxygen atoms in total. The second-order valence-electron chi connectivity index (χ2n) is 9.04. The largest absolute Gasteiger partial charge is 0.480 e. The number of aliphatic carboxylic acids is 1. The summed E-state index contributed by atoms with van der Waals surface area (Å²) in [6.07, 6.45) is 2.06. The van der Waals surface area contributed by atoms with Gasteiger partial charge in [-0.15, -0.1) is 0 Å². The number of carbonyl (C=O) groups excluding carboxylic acids is 2. The zero-order valence-corrected chi connectivity index (χ0v) is 19.0.